The molecule has 1 N–H and O–H groups in total. The summed E-state index contributed by atoms with van der Waals surface area (Å²) in [6.07, 6.45) is 16.3. The minimum absolute atomic E-state index is 0.0357. The average molecular weight is 353 g/mol. The fraction of sp³-hybridized carbons (Fsp3) is 0.909. The highest BCUT2D eigenvalue weighted by Gasteiger charge is 2.48. The molecule has 25 heavy (non-hydrogen) atoms. The maximum atomic E-state index is 9.33. The summed E-state index contributed by atoms with van der Waals surface area (Å²) >= 11 is 0. The zero-order valence-electron chi connectivity index (χ0n) is 16.7. The zero-order chi connectivity index (χ0) is 18.1. The summed E-state index contributed by atoms with van der Waals surface area (Å²) in [5.41, 5.74) is 0.0357. The van der Waals surface area contributed by atoms with E-state index in [9.17, 15) is 5.11 Å². The van der Waals surface area contributed by atoms with E-state index in [-0.39, 0.29) is 12.0 Å². The van der Waals surface area contributed by atoms with Crippen molar-refractivity contribution in [1.82, 2.24) is 0 Å². The number of aliphatic hydroxyl groups excluding tert-OH is 1. The van der Waals surface area contributed by atoms with Gasteiger partial charge in [0.05, 0.1) is 18.8 Å². The number of allylic oxidation sites excluding steroid dienone is 2. The van der Waals surface area contributed by atoms with Crippen LogP contribution in [-0.4, -0.2) is 37.1 Å². The molecule has 2 aliphatic rings. The quantitative estimate of drug-likeness (QED) is 0.369. The fourth-order valence-electron chi connectivity index (χ4n) is 4.20. The highest BCUT2D eigenvalue weighted by atomic mass is 16.5. The SMILES string of the molecule is CCCCCCOC[C@@H]1[C@H](CC=CCCC(C)(C)CO)[C@@H]2CC[C@H]1O2. The second-order valence-corrected chi connectivity index (χ2v) is 8.82. The van der Waals surface area contributed by atoms with Crippen molar-refractivity contribution in [3.05, 3.63) is 12.2 Å². The molecule has 2 fully saturated rings. The van der Waals surface area contributed by atoms with Crippen molar-refractivity contribution in [2.75, 3.05) is 19.8 Å². The van der Waals surface area contributed by atoms with Crippen LogP contribution in [0.25, 0.3) is 0 Å². The molecule has 4 atom stereocenters. The van der Waals surface area contributed by atoms with Gasteiger partial charge in [0.25, 0.3) is 0 Å². The van der Waals surface area contributed by atoms with Gasteiger partial charge in [-0.1, -0.05) is 52.2 Å². The molecular weight excluding hydrogens is 312 g/mol. The van der Waals surface area contributed by atoms with E-state index in [4.69, 9.17) is 9.47 Å². The van der Waals surface area contributed by atoms with E-state index >= 15 is 0 Å². The topological polar surface area (TPSA) is 38.7 Å². The lowest BCUT2D eigenvalue weighted by Gasteiger charge is -2.27. The molecule has 0 aromatic heterocycles. The lowest BCUT2D eigenvalue weighted by atomic mass is 9.78. The molecule has 2 rings (SSSR count). The van der Waals surface area contributed by atoms with E-state index in [1.165, 1.54) is 38.5 Å². The first-order valence-electron chi connectivity index (χ1n) is 10.6. The van der Waals surface area contributed by atoms with Gasteiger partial charge in [-0.15, -0.1) is 0 Å². The van der Waals surface area contributed by atoms with E-state index in [1.54, 1.807) is 0 Å². The molecule has 0 radical (unpaired) electrons. The van der Waals surface area contributed by atoms with Gasteiger partial charge in [-0.05, 0) is 49.9 Å². The van der Waals surface area contributed by atoms with E-state index in [0.29, 0.717) is 24.0 Å². The Morgan fingerprint density at radius 2 is 1.84 bits per heavy atom. The maximum Gasteiger partial charge on any atom is 0.0633 e. The lowest BCUT2D eigenvalue weighted by Crippen LogP contribution is -2.30. The van der Waals surface area contributed by atoms with E-state index in [1.807, 2.05) is 0 Å². The van der Waals surface area contributed by atoms with Crippen molar-refractivity contribution in [3.8, 4) is 0 Å². The predicted octanol–water partition coefficient (Wildman–Crippen LogP) is 5.12. The summed E-state index contributed by atoms with van der Waals surface area (Å²) in [6.45, 7) is 8.54. The molecule has 2 saturated heterocycles. The van der Waals surface area contributed by atoms with Crippen molar-refractivity contribution < 1.29 is 14.6 Å². The first-order chi connectivity index (χ1) is 12.1. The molecule has 3 nitrogen and oxygen atoms in total. The summed E-state index contributed by atoms with van der Waals surface area (Å²) in [5, 5.41) is 9.33. The summed E-state index contributed by atoms with van der Waals surface area (Å²) in [5.74, 6) is 1.22. The zero-order valence-corrected chi connectivity index (χ0v) is 16.7. The smallest absolute Gasteiger partial charge is 0.0633 e. The standard InChI is InChI=1S/C22H40O3/c1-4-5-6-10-15-24-16-19-18(20-12-13-21(19)25-20)11-8-7-9-14-22(2,3)17-23/h7-8,18-21,23H,4-6,9-17H2,1-3H3/t18-,19+,20-,21+/m0/s1. The highest BCUT2D eigenvalue weighted by molar-refractivity contribution is 5.00. The van der Waals surface area contributed by atoms with Gasteiger partial charge in [-0.3, -0.25) is 0 Å². The van der Waals surface area contributed by atoms with Crippen LogP contribution in [0.1, 0.15) is 78.6 Å². The molecule has 0 saturated carbocycles. The minimum Gasteiger partial charge on any atom is -0.396 e. The number of ether oxygens (including phenoxy) is 2. The summed E-state index contributed by atoms with van der Waals surface area (Å²) in [4.78, 5) is 0. The Labute approximate surface area is 155 Å². The van der Waals surface area contributed by atoms with Gasteiger partial charge in [0.15, 0.2) is 0 Å². The molecule has 2 aliphatic heterocycles. The summed E-state index contributed by atoms with van der Waals surface area (Å²) in [6, 6.07) is 0. The number of unbranched alkanes of at least 4 members (excludes halogenated alkanes) is 3. The van der Waals surface area contributed by atoms with E-state index in [0.717, 1.165) is 32.5 Å². The third-order valence-corrected chi connectivity index (χ3v) is 6.03. The normalized spacial score (nSPS) is 29.1. The third-order valence-electron chi connectivity index (χ3n) is 6.03. The predicted molar refractivity (Wildman–Crippen MR) is 104 cm³/mol. The Balaban J connectivity index is 1.68. The Hall–Kier alpha value is -0.380. The molecule has 146 valence electrons. The van der Waals surface area contributed by atoms with Crippen molar-refractivity contribution in [1.29, 1.82) is 0 Å². The lowest BCUT2D eigenvalue weighted by molar-refractivity contribution is 0.0478. The molecule has 0 aromatic rings. The molecule has 0 spiro atoms. The Kier molecular flexibility index (Phi) is 8.95. The molecule has 3 heteroatoms. The molecule has 2 heterocycles. The average Bonchev–Trinajstić information content (AvgIpc) is 3.19. The molecule has 0 unspecified atom stereocenters. The van der Waals surface area contributed by atoms with Crippen LogP contribution in [0.15, 0.2) is 12.2 Å². The summed E-state index contributed by atoms with van der Waals surface area (Å²) < 4.78 is 12.2. The van der Waals surface area contributed by atoms with Crippen LogP contribution in [-0.2, 0) is 9.47 Å². The number of aliphatic hydroxyl groups is 1. The summed E-state index contributed by atoms with van der Waals surface area (Å²) in [7, 11) is 0. The Bertz CT molecular complexity index is 391. The fourth-order valence-corrected chi connectivity index (χ4v) is 4.20. The van der Waals surface area contributed by atoms with Gasteiger partial charge in [-0.25, -0.2) is 0 Å². The number of fused-ring (bicyclic) bond motifs is 2. The van der Waals surface area contributed by atoms with Gasteiger partial charge in [0, 0.05) is 19.1 Å². The van der Waals surface area contributed by atoms with Crippen molar-refractivity contribution in [3.63, 3.8) is 0 Å². The third kappa shape index (κ3) is 6.69. The van der Waals surface area contributed by atoms with Crippen LogP contribution in [0.3, 0.4) is 0 Å². The second-order valence-electron chi connectivity index (χ2n) is 8.82. The van der Waals surface area contributed by atoms with Gasteiger partial charge < -0.3 is 14.6 Å². The molecule has 0 amide bonds. The molecule has 0 aliphatic carbocycles. The second kappa shape index (κ2) is 10.7. The van der Waals surface area contributed by atoms with Crippen molar-refractivity contribution in [2.45, 2.75) is 90.8 Å². The Morgan fingerprint density at radius 3 is 2.56 bits per heavy atom. The highest BCUT2D eigenvalue weighted by Crippen LogP contribution is 2.45. The van der Waals surface area contributed by atoms with Gasteiger partial charge in [0.1, 0.15) is 0 Å². The van der Waals surface area contributed by atoms with Crippen LogP contribution in [0.2, 0.25) is 0 Å². The number of hydrogen-bond donors (Lipinski definition) is 1. The largest absolute Gasteiger partial charge is 0.396 e. The first-order valence-corrected chi connectivity index (χ1v) is 10.6. The number of rotatable bonds is 13. The van der Waals surface area contributed by atoms with Crippen molar-refractivity contribution in [2.24, 2.45) is 17.3 Å². The number of hydrogen-bond acceptors (Lipinski definition) is 3. The van der Waals surface area contributed by atoms with Crippen LogP contribution in [0.4, 0.5) is 0 Å². The van der Waals surface area contributed by atoms with Gasteiger partial charge in [0.2, 0.25) is 0 Å². The van der Waals surface area contributed by atoms with E-state index < -0.39 is 0 Å². The van der Waals surface area contributed by atoms with Crippen LogP contribution in [0, 0.1) is 17.3 Å². The molecule has 2 bridgehead atoms. The first kappa shape index (κ1) is 20.9. The monoisotopic (exact) mass is 352 g/mol. The van der Waals surface area contributed by atoms with Crippen molar-refractivity contribution >= 4 is 0 Å². The van der Waals surface area contributed by atoms with Crippen LogP contribution < -0.4 is 0 Å². The minimum atomic E-state index is 0.0357. The molecular formula is C22H40O3. The van der Waals surface area contributed by atoms with Gasteiger partial charge >= 0.3 is 0 Å². The Morgan fingerprint density at radius 1 is 1.08 bits per heavy atom. The van der Waals surface area contributed by atoms with Gasteiger partial charge in [-0.2, -0.15) is 0 Å². The van der Waals surface area contributed by atoms with Crippen LogP contribution in [0.5, 0.6) is 0 Å². The van der Waals surface area contributed by atoms with Crippen LogP contribution >= 0.6 is 0 Å². The maximum absolute atomic E-state index is 9.33. The molecule has 0 aromatic carbocycles. The van der Waals surface area contributed by atoms with E-state index in [2.05, 4.69) is 32.9 Å².